The Morgan fingerprint density at radius 3 is 2.88 bits per heavy atom. The van der Waals surface area contributed by atoms with Crippen LogP contribution in [0.2, 0.25) is 0 Å². The monoisotopic (exact) mass is 232 g/mol. The van der Waals surface area contributed by atoms with Crippen LogP contribution in [0.1, 0.15) is 45.4 Å². The molecule has 2 aromatic heterocycles. The maximum atomic E-state index is 4.64. The number of aromatic nitrogens is 3. The number of aromatic amines is 1. The van der Waals surface area contributed by atoms with E-state index in [0.717, 1.165) is 42.1 Å². The normalized spacial score (nSPS) is 12.9. The lowest BCUT2D eigenvalue weighted by Gasteiger charge is -2.11. The van der Waals surface area contributed by atoms with Crippen LogP contribution in [0.25, 0.3) is 11.0 Å². The molecule has 4 heteroatoms. The molecule has 1 unspecified atom stereocenters. The summed E-state index contributed by atoms with van der Waals surface area (Å²) in [6, 6.07) is 2.02. The van der Waals surface area contributed by atoms with Gasteiger partial charge in [0.2, 0.25) is 0 Å². The molecule has 2 N–H and O–H groups in total. The summed E-state index contributed by atoms with van der Waals surface area (Å²) in [4.78, 5) is 12.4. The molecule has 0 saturated carbocycles. The van der Waals surface area contributed by atoms with Crippen LogP contribution < -0.4 is 5.32 Å². The van der Waals surface area contributed by atoms with Crippen LogP contribution in [0.4, 0.5) is 5.82 Å². The van der Waals surface area contributed by atoms with E-state index < -0.39 is 0 Å². The minimum absolute atomic E-state index is 0.408. The third-order valence-electron chi connectivity index (χ3n) is 2.94. The van der Waals surface area contributed by atoms with Crippen LogP contribution in [0.3, 0.4) is 0 Å². The minimum Gasteiger partial charge on any atom is -0.370 e. The molecule has 0 aromatic carbocycles. The van der Waals surface area contributed by atoms with Crippen molar-refractivity contribution in [3.8, 4) is 0 Å². The fourth-order valence-electron chi connectivity index (χ4n) is 2.04. The average molecular weight is 232 g/mol. The minimum atomic E-state index is 0.408. The number of fused-ring (bicyclic) bond motifs is 1. The Hall–Kier alpha value is -1.58. The zero-order chi connectivity index (χ0) is 12.3. The topological polar surface area (TPSA) is 53.6 Å². The average Bonchev–Trinajstić information content (AvgIpc) is 2.78. The van der Waals surface area contributed by atoms with Gasteiger partial charge in [0.25, 0.3) is 0 Å². The highest BCUT2D eigenvalue weighted by Gasteiger charge is 2.12. The molecule has 17 heavy (non-hydrogen) atoms. The van der Waals surface area contributed by atoms with E-state index in [2.05, 4.69) is 41.0 Å². The second-order valence-corrected chi connectivity index (χ2v) is 4.39. The Balaban J connectivity index is 2.43. The lowest BCUT2D eigenvalue weighted by Crippen LogP contribution is -2.06. The van der Waals surface area contributed by atoms with E-state index in [1.165, 1.54) is 0 Å². The highest BCUT2D eigenvalue weighted by Crippen LogP contribution is 2.24. The molecule has 0 aliphatic heterocycles. The van der Waals surface area contributed by atoms with Crippen molar-refractivity contribution in [2.24, 2.45) is 0 Å². The number of nitrogens with one attached hydrogen (secondary N) is 2. The van der Waals surface area contributed by atoms with Crippen molar-refractivity contribution in [1.29, 1.82) is 0 Å². The van der Waals surface area contributed by atoms with E-state index in [-0.39, 0.29) is 0 Å². The molecule has 1 atom stereocenters. The highest BCUT2D eigenvalue weighted by atomic mass is 15.1. The van der Waals surface area contributed by atoms with E-state index in [4.69, 9.17) is 0 Å². The van der Waals surface area contributed by atoms with Gasteiger partial charge in [-0.25, -0.2) is 9.97 Å². The number of rotatable bonds is 5. The van der Waals surface area contributed by atoms with E-state index in [1.54, 1.807) is 0 Å². The van der Waals surface area contributed by atoms with Gasteiger partial charge < -0.3 is 10.3 Å². The van der Waals surface area contributed by atoms with Crippen LogP contribution in [0.15, 0.2) is 12.3 Å². The van der Waals surface area contributed by atoms with Crippen LogP contribution >= 0.6 is 0 Å². The smallest absolute Gasteiger partial charge is 0.143 e. The molecule has 0 saturated heterocycles. The summed E-state index contributed by atoms with van der Waals surface area (Å²) in [5.74, 6) is 2.28. The number of H-pyrrole nitrogens is 1. The summed E-state index contributed by atoms with van der Waals surface area (Å²) >= 11 is 0. The van der Waals surface area contributed by atoms with Gasteiger partial charge in [-0.2, -0.15) is 0 Å². The number of hydrogen-bond donors (Lipinski definition) is 2. The summed E-state index contributed by atoms with van der Waals surface area (Å²) in [7, 11) is 0. The molecule has 0 aliphatic carbocycles. The summed E-state index contributed by atoms with van der Waals surface area (Å²) < 4.78 is 0. The van der Waals surface area contributed by atoms with Crippen molar-refractivity contribution in [2.45, 2.75) is 39.5 Å². The van der Waals surface area contributed by atoms with Gasteiger partial charge in [0.05, 0.1) is 5.39 Å². The number of anilines is 1. The molecular weight excluding hydrogens is 212 g/mol. The van der Waals surface area contributed by atoms with Crippen molar-refractivity contribution >= 4 is 16.9 Å². The molecule has 0 spiro atoms. The van der Waals surface area contributed by atoms with E-state index in [0.29, 0.717) is 5.92 Å². The first-order chi connectivity index (χ1) is 8.26. The van der Waals surface area contributed by atoms with Crippen molar-refractivity contribution < 1.29 is 0 Å². The van der Waals surface area contributed by atoms with Crippen LogP contribution in [0, 0.1) is 0 Å². The molecule has 0 radical (unpaired) electrons. The molecule has 0 bridgehead atoms. The molecule has 0 fully saturated rings. The van der Waals surface area contributed by atoms with Crippen LogP contribution in [0.5, 0.6) is 0 Å². The Kier molecular flexibility index (Phi) is 3.61. The van der Waals surface area contributed by atoms with Gasteiger partial charge in [0.1, 0.15) is 17.3 Å². The van der Waals surface area contributed by atoms with Gasteiger partial charge in [-0.1, -0.05) is 20.3 Å². The van der Waals surface area contributed by atoms with Gasteiger partial charge >= 0.3 is 0 Å². The lowest BCUT2D eigenvalue weighted by molar-refractivity contribution is 0.630. The zero-order valence-electron chi connectivity index (χ0n) is 10.7. The van der Waals surface area contributed by atoms with Crippen LogP contribution in [-0.2, 0) is 0 Å². The molecule has 2 heterocycles. The number of hydrogen-bond acceptors (Lipinski definition) is 3. The first-order valence-corrected chi connectivity index (χ1v) is 6.35. The molecule has 4 nitrogen and oxygen atoms in total. The maximum Gasteiger partial charge on any atom is 0.143 e. The first-order valence-electron chi connectivity index (χ1n) is 6.35. The maximum absolute atomic E-state index is 4.64. The highest BCUT2D eigenvalue weighted by molar-refractivity contribution is 5.86. The SMILES string of the molecule is CCCC(C)c1nc(NCC)c2cc[nH]c2n1. The molecular formula is C13H20N4. The van der Waals surface area contributed by atoms with Gasteiger partial charge in [-0.3, -0.25) is 0 Å². The molecule has 0 aliphatic rings. The molecule has 0 amide bonds. The van der Waals surface area contributed by atoms with Crippen molar-refractivity contribution in [2.75, 3.05) is 11.9 Å². The van der Waals surface area contributed by atoms with Gasteiger partial charge in [-0.05, 0) is 19.4 Å². The van der Waals surface area contributed by atoms with E-state index in [1.807, 2.05) is 12.3 Å². The molecule has 92 valence electrons. The van der Waals surface area contributed by atoms with E-state index in [9.17, 15) is 0 Å². The molecule has 2 rings (SSSR count). The fraction of sp³-hybridized carbons (Fsp3) is 0.538. The second kappa shape index (κ2) is 5.17. The Labute approximate surface area is 102 Å². The zero-order valence-corrected chi connectivity index (χ0v) is 10.7. The third kappa shape index (κ3) is 2.40. The molecule has 2 aromatic rings. The van der Waals surface area contributed by atoms with Gasteiger partial charge in [0, 0.05) is 18.7 Å². The standard InChI is InChI=1S/C13H20N4/c1-4-6-9(3)11-16-12(14-5-2)10-7-8-15-13(10)17-11/h7-9H,4-6H2,1-3H3,(H2,14,15,16,17). The van der Waals surface area contributed by atoms with Crippen molar-refractivity contribution in [3.05, 3.63) is 18.1 Å². The predicted octanol–water partition coefficient (Wildman–Crippen LogP) is 3.29. The van der Waals surface area contributed by atoms with E-state index >= 15 is 0 Å². The van der Waals surface area contributed by atoms with Gasteiger partial charge in [-0.15, -0.1) is 0 Å². The van der Waals surface area contributed by atoms with Crippen LogP contribution in [-0.4, -0.2) is 21.5 Å². The Bertz CT molecular complexity index is 489. The summed E-state index contributed by atoms with van der Waals surface area (Å²) in [5.41, 5.74) is 0.925. The van der Waals surface area contributed by atoms with Crippen molar-refractivity contribution in [3.63, 3.8) is 0 Å². The van der Waals surface area contributed by atoms with Crippen molar-refractivity contribution in [1.82, 2.24) is 15.0 Å². The second-order valence-electron chi connectivity index (χ2n) is 4.39. The Morgan fingerprint density at radius 2 is 2.18 bits per heavy atom. The fourth-order valence-corrected chi connectivity index (χ4v) is 2.04. The lowest BCUT2D eigenvalue weighted by atomic mass is 10.1. The first kappa shape index (κ1) is 11.9. The quantitative estimate of drug-likeness (QED) is 0.831. The largest absolute Gasteiger partial charge is 0.370 e. The third-order valence-corrected chi connectivity index (χ3v) is 2.94. The summed E-state index contributed by atoms with van der Waals surface area (Å²) in [6.45, 7) is 7.33. The van der Waals surface area contributed by atoms with Gasteiger partial charge in [0.15, 0.2) is 0 Å². The summed E-state index contributed by atoms with van der Waals surface area (Å²) in [6.07, 6.45) is 4.19. The Morgan fingerprint density at radius 1 is 1.35 bits per heavy atom. The predicted molar refractivity (Wildman–Crippen MR) is 71.4 cm³/mol. The number of nitrogens with zero attached hydrogens (tertiary/aromatic N) is 2. The summed E-state index contributed by atoms with van der Waals surface area (Å²) in [5, 5.41) is 4.37.